The van der Waals surface area contributed by atoms with Crippen molar-refractivity contribution in [1.29, 1.82) is 0 Å². The minimum absolute atomic E-state index is 0.0525. The molecule has 0 aliphatic rings. The fourth-order valence-corrected chi connectivity index (χ4v) is 1.65. The Balaban J connectivity index is 3.14. The molecule has 0 saturated heterocycles. The molecule has 1 aromatic rings. The average molecular weight is 215 g/mol. The largest absolute Gasteiger partial charge is 0.313 e. The van der Waals surface area contributed by atoms with Crippen molar-refractivity contribution in [1.82, 2.24) is 5.32 Å². The van der Waals surface area contributed by atoms with E-state index in [4.69, 9.17) is 4.55 Å². The minimum Gasteiger partial charge on any atom is -0.313 e. The summed E-state index contributed by atoms with van der Waals surface area (Å²) in [6.07, 6.45) is 0. The van der Waals surface area contributed by atoms with E-state index in [-0.39, 0.29) is 10.9 Å². The van der Waals surface area contributed by atoms with Crippen LogP contribution in [0.3, 0.4) is 0 Å². The highest BCUT2D eigenvalue weighted by atomic mass is 32.2. The number of nitrogens with one attached hydrogen (secondary N) is 1. The predicted octanol–water partition coefficient (Wildman–Crippen LogP) is 1.21. The minimum atomic E-state index is -4.09. The molecule has 1 atom stereocenters. The molecule has 0 bridgehead atoms. The summed E-state index contributed by atoms with van der Waals surface area (Å²) in [6.45, 7) is 1.91. The number of benzene rings is 1. The second-order valence-electron chi connectivity index (χ2n) is 3.06. The predicted molar refractivity (Wildman–Crippen MR) is 53.7 cm³/mol. The molecule has 14 heavy (non-hydrogen) atoms. The van der Waals surface area contributed by atoms with Crippen LogP contribution in [0.25, 0.3) is 0 Å². The lowest BCUT2D eigenvalue weighted by molar-refractivity contribution is 0.483. The van der Waals surface area contributed by atoms with Crippen LogP contribution in [0.5, 0.6) is 0 Å². The van der Waals surface area contributed by atoms with E-state index < -0.39 is 10.1 Å². The van der Waals surface area contributed by atoms with Gasteiger partial charge in [0.1, 0.15) is 0 Å². The lowest BCUT2D eigenvalue weighted by Gasteiger charge is -2.10. The standard InChI is InChI=1S/C9H13NO3S/c1-7(10-2)8-4-3-5-9(6-8)14(11,12)13/h3-7,10H,1-2H3,(H,11,12,13). The van der Waals surface area contributed by atoms with Gasteiger partial charge in [0.05, 0.1) is 4.90 Å². The molecule has 1 rings (SSSR count). The Bertz CT molecular complexity index is 414. The molecule has 0 aliphatic carbocycles. The molecule has 0 radical (unpaired) electrons. The van der Waals surface area contributed by atoms with Gasteiger partial charge in [-0.05, 0) is 31.7 Å². The molecule has 78 valence electrons. The van der Waals surface area contributed by atoms with Crippen LogP contribution in [0.15, 0.2) is 29.2 Å². The first-order valence-corrected chi connectivity index (χ1v) is 5.64. The Morgan fingerprint density at radius 2 is 2.07 bits per heavy atom. The van der Waals surface area contributed by atoms with E-state index in [1.165, 1.54) is 12.1 Å². The maximum absolute atomic E-state index is 10.8. The maximum atomic E-state index is 10.8. The van der Waals surface area contributed by atoms with E-state index >= 15 is 0 Å². The zero-order chi connectivity index (χ0) is 10.8. The molecule has 5 heteroatoms. The third kappa shape index (κ3) is 2.54. The van der Waals surface area contributed by atoms with Crippen LogP contribution in [0, 0.1) is 0 Å². The third-order valence-corrected chi connectivity index (χ3v) is 2.94. The van der Waals surface area contributed by atoms with Crippen molar-refractivity contribution < 1.29 is 13.0 Å². The molecule has 0 aliphatic heterocycles. The summed E-state index contributed by atoms with van der Waals surface area (Å²) in [5.74, 6) is 0. The second kappa shape index (κ2) is 4.08. The van der Waals surface area contributed by atoms with Gasteiger partial charge in [0.2, 0.25) is 0 Å². The van der Waals surface area contributed by atoms with Crippen molar-refractivity contribution in [2.75, 3.05) is 7.05 Å². The smallest absolute Gasteiger partial charge is 0.294 e. The summed E-state index contributed by atoms with van der Waals surface area (Å²) in [6, 6.07) is 6.27. The average Bonchev–Trinajstić information content (AvgIpc) is 2.15. The Morgan fingerprint density at radius 1 is 1.43 bits per heavy atom. The highest BCUT2D eigenvalue weighted by Gasteiger charge is 2.11. The number of hydrogen-bond acceptors (Lipinski definition) is 3. The number of hydrogen-bond donors (Lipinski definition) is 2. The van der Waals surface area contributed by atoms with Crippen LogP contribution in [0.1, 0.15) is 18.5 Å². The van der Waals surface area contributed by atoms with Crippen LogP contribution in [-0.4, -0.2) is 20.0 Å². The van der Waals surface area contributed by atoms with E-state index in [1.807, 2.05) is 6.92 Å². The van der Waals surface area contributed by atoms with Crippen LogP contribution in [-0.2, 0) is 10.1 Å². The van der Waals surface area contributed by atoms with Gasteiger partial charge in [-0.3, -0.25) is 4.55 Å². The molecule has 4 nitrogen and oxygen atoms in total. The van der Waals surface area contributed by atoms with Gasteiger partial charge in [0.25, 0.3) is 10.1 Å². The lowest BCUT2D eigenvalue weighted by atomic mass is 10.1. The monoisotopic (exact) mass is 215 g/mol. The summed E-state index contributed by atoms with van der Waals surface area (Å²) < 4.78 is 30.5. The first-order valence-electron chi connectivity index (χ1n) is 4.20. The molecule has 0 saturated carbocycles. The van der Waals surface area contributed by atoms with Crippen LogP contribution < -0.4 is 5.32 Å². The SMILES string of the molecule is CNC(C)c1cccc(S(=O)(=O)O)c1. The second-order valence-corrected chi connectivity index (χ2v) is 4.48. The fraction of sp³-hybridized carbons (Fsp3) is 0.333. The summed E-state index contributed by atoms with van der Waals surface area (Å²) in [7, 11) is -2.31. The topological polar surface area (TPSA) is 66.4 Å². The molecule has 0 aromatic heterocycles. The zero-order valence-electron chi connectivity index (χ0n) is 8.06. The van der Waals surface area contributed by atoms with Crippen molar-refractivity contribution in [2.45, 2.75) is 17.9 Å². The molecular weight excluding hydrogens is 202 g/mol. The maximum Gasteiger partial charge on any atom is 0.294 e. The van der Waals surface area contributed by atoms with E-state index in [9.17, 15) is 8.42 Å². The molecule has 1 aromatic carbocycles. The molecular formula is C9H13NO3S. The van der Waals surface area contributed by atoms with E-state index in [0.29, 0.717) is 0 Å². The Morgan fingerprint density at radius 3 is 2.57 bits per heavy atom. The van der Waals surface area contributed by atoms with Gasteiger partial charge in [0, 0.05) is 6.04 Å². The van der Waals surface area contributed by atoms with Crippen LogP contribution >= 0.6 is 0 Å². The van der Waals surface area contributed by atoms with E-state index in [2.05, 4.69) is 5.32 Å². The van der Waals surface area contributed by atoms with Gasteiger partial charge in [0.15, 0.2) is 0 Å². The Kier molecular flexibility index (Phi) is 3.25. The quantitative estimate of drug-likeness (QED) is 0.744. The van der Waals surface area contributed by atoms with E-state index in [1.54, 1.807) is 19.2 Å². The summed E-state index contributed by atoms with van der Waals surface area (Å²) in [5, 5.41) is 2.98. The summed E-state index contributed by atoms with van der Waals surface area (Å²) >= 11 is 0. The molecule has 0 fully saturated rings. The first-order chi connectivity index (χ1) is 6.45. The van der Waals surface area contributed by atoms with Crippen molar-refractivity contribution in [3.8, 4) is 0 Å². The number of rotatable bonds is 3. The van der Waals surface area contributed by atoms with E-state index in [0.717, 1.165) is 5.56 Å². The summed E-state index contributed by atoms with van der Waals surface area (Å²) in [4.78, 5) is -0.0721. The van der Waals surface area contributed by atoms with Gasteiger partial charge in [-0.1, -0.05) is 12.1 Å². The van der Waals surface area contributed by atoms with Gasteiger partial charge in [-0.2, -0.15) is 8.42 Å². The lowest BCUT2D eigenvalue weighted by Crippen LogP contribution is -2.12. The highest BCUT2D eigenvalue weighted by molar-refractivity contribution is 7.85. The van der Waals surface area contributed by atoms with Gasteiger partial charge >= 0.3 is 0 Å². The zero-order valence-corrected chi connectivity index (χ0v) is 8.88. The fourth-order valence-electron chi connectivity index (χ4n) is 1.11. The third-order valence-electron chi connectivity index (χ3n) is 2.09. The molecule has 1 unspecified atom stereocenters. The summed E-state index contributed by atoms with van der Waals surface area (Å²) in [5.41, 5.74) is 0.822. The van der Waals surface area contributed by atoms with Crippen LogP contribution in [0.2, 0.25) is 0 Å². The van der Waals surface area contributed by atoms with Crippen molar-refractivity contribution >= 4 is 10.1 Å². The van der Waals surface area contributed by atoms with Gasteiger partial charge < -0.3 is 5.32 Å². The first kappa shape index (κ1) is 11.2. The van der Waals surface area contributed by atoms with Gasteiger partial charge in [-0.25, -0.2) is 0 Å². The Labute approximate surface area is 83.7 Å². The van der Waals surface area contributed by atoms with Gasteiger partial charge in [-0.15, -0.1) is 0 Å². The van der Waals surface area contributed by atoms with Crippen molar-refractivity contribution in [3.05, 3.63) is 29.8 Å². The Hall–Kier alpha value is -0.910. The van der Waals surface area contributed by atoms with Crippen molar-refractivity contribution in [2.24, 2.45) is 0 Å². The molecule has 0 heterocycles. The van der Waals surface area contributed by atoms with Crippen molar-refractivity contribution in [3.63, 3.8) is 0 Å². The molecule has 0 spiro atoms. The highest BCUT2D eigenvalue weighted by Crippen LogP contribution is 2.16. The normalized spacial score (nSPS) is 13.9. The van der Waals surface area contributed by atoms with Crippen LogP contribution in [0.4, 0.5) is 0 Å². The molecule has 2 N–H and O–H groups in total. The molecule has 0 amide bonds.